The van der Waals surface area contributed by atoms with E-state index in [9.17, 15) is 13.6 Å². The van der Waals surface area contributed by atoms with E-state index in [0.717, 1.165) is 19.5 Å². The number of ether oxygens (including phenoxy) is 1. The first-order valence-corrected chi connectivity index (χ1v) is 10.3. The van der Waals surface area contributed by atoms with Crippen molar-refractivity contribution >= 4 is 6.09 Å². The number of carbonyl (C=O) groups excluding carboxylic acids is 1. The Morgan fingerprint density at radius 2 is 1.61 bits per heavy atom. The third kappa shape index (κ3) is 5.67. The van der Waals surface area contributed by atoms with Gasteiger partial charge in [-0.05, 0) is 47.4 Å². The van der Waals surface area contributed by atoms with Crippen LogP contribution < -0.4 is 5.32 Å². The van der Waals surface area contributed by atoms with Crippen LogP contribution in [0.25, 0.3) is 0 Å². The lowest BCUT2D eigenvalue weighted by molar-refractivity contribution is 0.113. The van der Waals surface area contributed by atoms with Crippen molar-refractivity contribution in [3.05, 3.63) is 107 Å². The van der Waals surface area contributed by atoms with Gasteiger partial charge in [0, 0.05) is 25.7 Å². The number of alkyl carbamates (subject to hydrolysis) is 1. The lowest BCUT2D eigenvalue weighted by atomic mass is 10.0. The number of likely N-dealkylation sites (tertiary alicyclic amines) is 1. The van der Waals surface area contributed by atoms with Crippen LogP contribution in [0.3, 0.4) is 0 Å². The number of carbonyl (C=O) groups is 1. The second-order valence-corrected chi connectivity index (χ2v) is 7.75. The number of hydrogen-bond donors (Lipinski definition) is 1. The van der Waals surface area contributed by atoms with Gasteiger partial charge in [0.15, 0.2) is 6.10 Å². The molecule has 31 heavy (non-hydrogen) atoms. The summed E-state index contributed by atoms with van der Waals surface area (Å²) in [5, 5.41) is 2.90. The number of nitrogens with one attached hydrogen (secondary N) is 1. The van der Waals surface area contributed by atoms with E-state index in [-0.39, 0.29) is 6.04 Å². The summed E-state index contributed by atoms with van der Waals surface area (Å²) in [5.41, 5.74) is 2.11. The molecular weight excluding hydrogens is 398 g/mol. The second kappa shape index (κ2) is 9.71. The monoisotopic (exact) mass is 422 g/mol. The fourth-order valence-corrected chi connectivity index (χ4v) is 3.91. The highest BCUT2D eigenvalue weighted by Crippen LogP contribution is 2.27. The molecule has 4 rings (SSSR count). The molecule has 1 amide bonds. The van der Waals surface area contributed by atoms with Crippen LogP contribution in [0.2, 0.25) is 0 Å². The summed E-state index contributed by atoms with van der Waals surface area (Å²) in [6.45, 7) is 2.41. The highest BCUT2D eigenvalue weighted by atomic mass is 19.1. The maximum absolute atomic E-state index is 13.8. The number of hydrogen-bond acceptors (Lipinski definition) is 3. The summed E-state index contributed by atoms with van der Waals surface area (Å²) in [6.07, 6.45) is -0.703. The highest BCUT2D eigenvalue weighted by molar-refractivity contribution is 5.68. The maximum Gasteiger partial charge on any atom is 0.408 e. The van der Waals surface area contributed by atoms with E-state index >= 15 is 0 Å². The van der Waals surface area contributed by atoms with Gasteiger partial charge in [-0.3, -0.25) is 4.90 Å². The number of nitrogens with zero attached hydrogens (tertiary/aromatic N) is 1. The van der Waals surface area contributed by atoms with Crippen LogP contribution in [0.4, 0.5) is 13.6 Å². The average Bonchev–Trinajstić information content (AvgIpc) is 3.19. The predicted molar refractivity (Wildman–Crippen MR) is 114 cm³/mol. The second-order valence-electron chi connectivity index (χ2n) is 7.75. The Hall–Kier alpha value is -3.25. The predicted octanol–water partition coefficient (Wildman–Crippen LogP) is 5.05. The number of rotatable bonds is 6. The Morgan fingerprint density at radius 1 is 0.968 bits per heavy atom. The number of benzene rings is 3. The van der Waals surface area contributed by atoms with Crippen LogP contribution in [0.5, 0.6) is 0 Å². The van der Waals surface area contributed by atoms with Crippen molar-refractivity contribution in [3.8, 4) is 0 Å². The van der Waals surface area contributed by atoms with Gasteiger partial charge in [0.25, 0.3) is 0 Å². The molecule has 0 aromatic heterocycles. The minimum atomic E-state index is -0.909. The third-order valence-electron chi connectivity index (χ3n) is 5.37. The molecule has 1 fully saturated rings. The Labute approximate surface area is 180 Å². The van der Waals surface area contributed by atoms with E-state index in [4.69, 9.17) is 4.74 Å². The quantitative estimate of drug-likeness (QED) is 0.604. The molecule has 0 spiro atoms. The first-order chi connectivity index (χ1) is 15.1. The van der Waals surface area contributed by atoms with Crippen LogP contribution in [0.15, 0.2) is 78.9 Å². The molecule has 0 bridgehead atoms. The molecule has 3 aromatic rings. The van der Waals surface area contributed by atoms with E-state index in [1.807, 2.05) is 18.2 Å². The first-order valence-electron chi connectivity index (χ1n) is 10.3. The first kappa shape index (κ1) is 21.0. The molecule has 1 N–H and O–H groups in total. The molecule has 160 valence electrons. The van der Waals surface area contributed by atoms with Gasteiger partial charge in [-0.15, -0.1) is 0 Å². The molecule has 3 aromatic carbocycles. The molecule has 0 saturated carbocycles. The number of amides is 1. The molecule has 0 unspecified atom stereocenters. The van der Waals surface area contributed by atoms with E-state index in [2.05, 4.69) is 22.3 Å². The molecular formula is C25H24F2N2O2. The third-order valence-corrected chi connectivity index (χ3v) is 5.37. The Kier molecular flexibility index (Phi) is 6.57. The summed E-state index contributed by atoms with van der Waals surface area (Å²) >= 11 is 0. The lowest BCUT2D eigenvalue weighted by Crippen LogP contribution is -2.38. The molecule has 1 aliphatic heterocycles. The largest absolute Gasteiger partial charge is 0.436 e. The van der Waals surface area contributed by atoms with Crippen molar-refractivity contribution in [2.45, 2.75) is 25.1 Å². The molecule has 6 heteroatoms. The summed E-state index contributed by atoms with van der Waals surface area (Å²) < 4.78 is 33.2. The molecule has 1 saturated heterocycles. The van der Waals surface area contributed by atoms with Gasteiger partial charge in [-0.1, -0.05) is 54.6 Å². The van der Waals surface area contributed by atoms with E-state index in [1.165, 1.54) is 42.0 Å². The lowest BCUT2D eigenvalue weighted by Gasteiger charge is -2.21. The van der Waals surface area contributed by atoms with Gasteiger partial charge >= 0.3 is 6.09 Å². The minimum Gasteiger partial charge on any atom is -0.436 e. The fourth-order valence-electron chi connectivity index (χ4n) is 3.91. The molecule has 0 radical (unpaired) electrons. The van der Waals surface area contributed by atoms with Crippen LogP contribution in [0.1, 0.15) is 29.2 Å². The van der Waals surface area contributed by atoms with Gasteiger partial charge in [-0.25, -0.2) is 13.6 Å². The zero-order valence-corrected chi connectivity index (χ0v) is 17.0. The Balaban J connectivity index is 1.41. The normalized spacial score (nSPS) is 16.4. The zero-order chi connectivity index (χ0) is 21.6. The van der Waals surface area contributed by atoms with Crippen molar-refractivity contribution in [2.24, 2.45) is 0 Å². The van der Waals surface area contributed by atoms with Crippen molar-refractivity contribution < 1.29 is 18.3 Å². The van der Waals surface area contributed by atoms with Gasteiger partial charge < -0.3 is 10.1 Å². The van der Waals surface area contributed by atoms with Crippen molar-refractivity contribution in [1.29, 1.82) is 0 Å². The molecule has 4 nitrogen and oxygen atoms in total. The topological polar surface area (TPSA) is 41.6 Å². The van der Waals surface area contributed by atoms with Gasteiger partial charge in [0.05, 0.1) is 0 Å². The van der Waals surface area contributed by atoms with Gasteiger partial charge in [-0.2, -0.15) is 0 Å². The van der Waals surface area contributed by atoms with Crippen LogP contribution in [-0.2, 0) is 11.3 Å². The summed E-state index contributed by atoms with van der Waals surface area (Å²) in [5.74, 6) is -0.898. The van der Waals surface area contributed by atoms with E-state index in [1.54, 1.807) is 12.1 Å². The fraction of sp³-hybridized carbons (Fsp3) is 0.240. The Bertz CT molecular complexity index is 983. The molecule has 0 aliphatic carbocycles. The Morgan fingerprint density at radius 3 is 2.23 bits per heavy atom. The molecule has 1 aliphatic rings. The average molecular weight is 422 g/mol. The minimum absolute atomic E-state index is 0.0446. The number of halogens is 2. The van der Waals surface area contributed by atoms with Crippen molar-refractivity contribution in [1.82, 2.24) is 10.2 Å². The highest BCUT2D eigenvalue weighted by Gasteiger charge is 2.26. The van der Waals surface area contributed by atoms with Crippen LogP contribution in [0, 0.1) is 11.6 Å². The smallest absolute Gasteiger partial charge is 0.408 e. The van der Waals surface area contributed by atoms with Crippen LogP contribution in [-0.4, -0.2) is 30.1 Å². The summed E-state index contributed by atoms with van der Waals surface area (Å²) in [7, 11) is 0. The van der Waals surface area contributed by atoms with Crippen molar-refractivity contribution in [2.75, 3.05) is 13.1 Å². The SMILES string of the molecule is O=C(N[C@@H]1CCN(Cc2ccccc2)C1)OC(c1cccc(F)c1)c1cccc(F)c1. The maximum atomic E-state index is 13.8. The summed E-state index contributed by atoms with van der Waals surface area (Å²) in [6, 6.07) is 21.7. The summed E-state index contributed by atoms with van der Waals surface area (Å²) in [4.78, 5) is 14.9. The van der Waals surface area contributed by atoms with Crippen molar-refractivity contribution in [3.63, 3.8) is 0 Å². The van der Waals surface area contributed by atoms with E-state index in [0.29, 0.717) is 17.7 Å². The molecule has 1 heterocycles. The van der Waals surface area contributed by atoms with E-state index < -0.39 is 23.8 Å². The zero-order valence-electron chi connectivity index (χ0n) is 17.0. The van der Waals surface area contributed by atoms with Crippen LogP contribution >= 0.6 is 0 Å². The standard InChI is InChI=1S/C25H24F2N2O2/c26-21-10-4-8-19(14-21)24(20-9-5-11-22(27)15-20)31-25(30)28-23-12-13-29(17-23)16-18-6-2-1-3-7-18/h1-11,14-15,23-24H,12-13,16-17H2,(H,28,30)/t23-/m1/s1. The van der Waals surface area contributed by atoms with Gasteiger partial charge in [0.1, 0.15) is 11.6 Å². The molecule has 1 atom stereocenters. The van der Waals surface area contributed by atoms with Gasteiger partial charge in [0.2, 0.25) is 0 Å².